The summed E-state index contributed by atoms with van der Waals surface area (Å²) in [5.74, 6) is 1.71. The largest absolute Gasteiger partial charge is 0.445 e. The van der Waals surface area contributed by atoms with Gasteiger partial charge in [-0.1, -0.05) is 54.6 Å². The fourth-order valence-electron chi connectivity index (χ4n) is 5.19. The highest BCUT2D eigenvalue weighted by molar-refractivity contribution is 5.69. The number of morpholine rings is 1. The smallest absolute Gasteiger partial charge is 0.410 e. The van der Waals surface area contributed by atoms with Crippen molar-refractivity contribution in [3.05, 3.63) is 82.5 Å². The van der Waals surface area contributed by atoms with Crippen LogP contribution in [0.5, 0.6) is 0 Å². The van der Waals surface area contributed by atoms with Crippen molar-refractivity contribution in [3.63, 3.8) is 0 Å². The summed E-state index contributed by atoms with van der Waals surface area (Å²) in [5.41, 5.74) is 5.79. The van der Waals surface area contributed by atoms with Crippen molar-refractivity contribution in [3.8, 4) is 0 Å². The quantitative estimate of drug-likeness (QED) is 0.560. The lowest BCUT2D eigenvalue weighted by Gasteiger charge is -2.36. The maximum absolute atomic E-state index is 12.9. The molecule has 36 heavy (non-hydrogen) atoms. The van der Waals surface area contributed by atoms with E-state index in [-0.39, 0.29) is 12.7 Å². The lowest BCUT2D eigenvalue weighted by Crippen LogP contribution is -2.42. The van der Waals surface area contributed by atoms with Gasteiger partial charge in [-0.25, -0.2) is 9.78 Å². The summed E-state index contributed by atoms with van der Waals surface area (Å²) in [5, 5.41) is 0. The van der Waals surface area contributed by atoms with Crippen molar-refractivity contribution >= 4 is 17.9 Å². The van der Waals surface area contributed by atoms with Crippen LogP contribution in [0.25, 0.3) is 0 Å². The molecular weight excluding hydrogens is 454 g/mol. The number of fused-ring (bicyclic) bond motifs is 2. The number of rotatable bonds is 4. The third-order valence-electron chi connectivity index (χ3n) is 7.21. The minimum Gasteiger partial charge on any atom is -0.445 e. The molecule has 3 aliphatic heterocycles. The first-order valence-corrected chi connectivity index (χ1v) is 12.7. The van der Waals surface area contributed by atoms with Crippen LogP contribution in [0.4, 0.5) is 16.6 Å². The third-order valence-corrected chi connectivity index (χ3v) is 7.21. The van der Waals surface area contributed by atoms with Crippen LogP contribution in [0.15, 0.2) is 54.6 Å². The number of benzene rings is 2. The molecule has 6 rings (SSSR count). The van der Waals surface area contributed by atoms with E-state index in [2.05, 4.69) is 34.1 Å². The van der Waals surface area contributed by atoms with Crippen LogP contribution in [0.3, 0.4) is 0 Å². The summed E-state index contributed by atoms with van der Waals surface area (Å²) in [6.45, 7) is 5.94. The van der Waals surface area contributed by atoms with Crippen molar-refractivity contribution in [1.29, 1.82) is 0 Å². The van der Waals surface area contributed by atoms with Crippen molar-refractivity contribution in [2.75, 3.05) is 49.2 Å². The highest BCUT2D eigenvalue weighted by Gasteiger charge is 2.30. The van der Waals surface area contributed by atoms with Gasteiger partial charge in [0.05, 0.1) is 25.5 Å². The Morgan fingerprint density at radius 3 is 2.44 bits per heavy atom. The number of nitrogens with zero attached hydrogens (tertiary/aromatic N) is 5. The third kappa shape index (κ3) is 4.73. The van der Waals surface area contributed by atoms with Gasteiger partial charge in [-0.3, -0.25) is 0 Å². The molecule has 0 atom stereocenters. The van der Waals surface area contributed by atoms with E-state index in [1.807, 2.05) is 30.3 Å². The summed E-state index contributed by atoms with van der Waals surface area (Å²) < 4.78 is 11.2. The summed E-state index contributed by atoms with van der Waals surface area (Å²) in [6.07, 6.45) is 1.38. The zero-order chi connectivity index (χ0) is 24.3. The van der Waals surface area contributed by atoms with E-state index >= 15 is 0 Å². The summed E-state index contributed by atoms with van der Waals surface area (Å²) >= 11 is 0. The SMILES string of the molecule is O=C(OCc1ccccc1)N1CCc2nc(N3CCc4ccccc4C3)nc(N3CCOCC3)c2C1. The number of hydrogen-bond acceptors (Lipinski definition) is 7. The van der Waals surface area contributed by atoms with Crippen LogP contribution >= 0.6 is 0 Å². The molecule has 1 saturated heterocycles. The van der Waals surface area contributed by atoms with Gasteiger partial charge >= 0.3 is 6.09 Å². The number of carbonyl (C=O) groups excluding carboxylic acids is 1. The summed E-state index contributed by atoms with van der Waals surface area (Å²) in [7, 11) is 0. The molecule has 4 heterocycles. The number of aromatic nitrogens is 2. The predicted octanol–water partition coefficient (Wildman–Crippen LogP) is 3.57. The molecule has 0 unspecified atom stereocenters. The van der Waals surface area contributed by atoms with Crippen molar-refractivity contribution in [1.82, 2.24) is 14.9 Å². The molecule has 8 heteroatoms. The van der Waals surface area contributed by atoms with Gasteiger partial charge in [-0.15, -0.1) is 0 Å². The first-order valence-electron chi connectivity index (χ1n) is 12.7. The van der Waals surface area contributed by atoms with E-state index in [0.717, 1.165) is 61.2 Å². The van der Waals surface area contributed by atoms with Crippen LogP contribution in [0.1, 0.15) is 27.9 Å². The minimum atomic E-state index is -0.297. The first kappa shape index (κ1) is 22.8. The van der Waals surface area contributed by atoms with Crippen molar-refractivity contribution in [2.24, 2.45) is 0 Å². The molecule has 1 aromatic heterocycles. The lowest BCUT2D eigenvalue weighted by molar-refractivity contribution is 0.0914. The van der Waals surface area contributed by atoms with Gasteiger partial charge in [0.2, 0.25) is 5.95 Å². The van der Waals surface area contributed by atoms with Gasteiger partial charge in [0.1, 0.15) is 12.4 Å². The molecule has 0 radical (unpaired) electrons. The molecule has 0 aliphatic carbocycles. The fraction of sp³-hybridized carbons (Fsp3) is 0.393. The molecule has 0 spiro atoms. The summed E-state index contributed by atoms with van der Waals surface area (Å²) in [6, 6.07) is 18.4. The van der Waals surface area contributed by atoms with Crippen LogP contribution in [0, 0.1) is 0 Å². The molecule has 8 nitrogen and oxygen atoms in total. The Bertz CT molecular complexity index is 1230. The molecule has 1 amide bonds. The van der Waals surface area contributed by atoms with E-state index in [9.17, 15) is 4.79 Å². The van der Waals surface area contributed by atoms with Gasteiger partial charge in [-0.05, 0) is 23.1 Å². The molecule has 0 bridgehead atoms. The van der Waals surface area contributed by atoms with Gasteiger partial charge in [0, 0.05) is 44.7 Å². The normalized spacial score (nSPS) is 17.4. The molecule has 186 valence electrons. The second-order valence-electron chi connectivity index (χ2n) is 9.52. The van der Waals surface area contributed by atoms with E-state index < -0.39 is 0 Å². The van der Waals surface area contributed by atoms with Crippen LogP contribution in [-0.4, -0.2) is 60.4 Å². The van der Waals surface area contributed by atoms with Crippen LogP contribution in [-0.2, 0) is 42.0 Å². The van der Waals surface area contributed by atoms with Gasteiger partial charge < -0.3 is 24.2 Å². The molecule has 2 aromatic carbocycles. The predicted molar refractivity (Wildman–Crippen MR) is 137 cm³/mol. The topological polar surface area (TPSA) is 71.0 Å². The Hall–Kier alpha value is -3.65. The average Bonchev–Trinajstić information content (AvgIpc) is 2.95. The highest BCUT2D eigenvalue weighted by atomic mass is 16.6. The monoisotopic (exact) mass is 485 g/mol. The van der Waals surface area contributed by atoms with Crippen molar-refractivity contribution < 1.29 is 14.3 Å². The fourth-order valence-corrected chi connectivity index (χ4v) is 5.19. The van der Waals surface area contributed by atoms with Gasteiger partial charge in [0.15, 0.2) is 0 Å². The zero-order valence-electron chi connectivity index (χ0n) is 20.4. The van der Waals surface area contributed by atoms with Crippen LogP contribution < -0.4 is 9.80 Å². The lowest BCUT2D eigenvalue weighted by atomic mass is 10.0. The maximum Gasteiger partial charge on any atom is 0.410 e. The van der Waals surface area contributed by atoms with Gasteiger partial charge in [-0.2, -0.15) is 4.98 Å². The van der Waals surface area contributed by atoms with E-state index in [0.29, 0.717) is 32.7 Å². The molecule has 0 N–H and O–H groups in total. The number of ether oxygens (including phenoxy) is 2. The Morgan fingerprint density at radius 2 is 1.61 bits per heavy atom. The standard InChI is InChI=1S/C28H31N5O3/c34-28(36-20-21-6-2-1-3-7-21)33-13-11-25-24(19-33)26(31-14-16-35-17-15-31)30-27(29-25)32-12-10-22-8-4-5-9-23(22)18-32/h1-9H,10-20H2. The molecule has 3 aromatic rings. The number of amides is 1. The number of anilines is 2. The zero-order valence-corrected chi connectivity index (χ0v) is 20.4. The average molecular weight is 486 g/mol. The van der Waals surface area contributed by atoms with Gasteiger partial charge in [0.25, 0.3) is 0 Å². The number of carbonyl (C=O) groups is 1. The minimum absolute atomic E-state index is 0.269. The Kier molecular flexibility index (Phi) is 6.42. The van der Waals surface area contributed by atoms with E-state index in [4.69, 9.17) is 19.4 Å². The first-order chi connectivity index (χ1) is 17.7. The molecule has 3 aliphatic rings. The number of hydrogen-bond donors (Lipinski definition) is 0. The van der Waals surface area contributed by atoms with Crippen LogP contribution in [0.2, 0.25) is 0 Å². The second kappa shape index (κ2) is 10.1. The van der Waals surface area contributed by atoms with E-state index in [1.54, 1.807) is 4.90 Å². The summed E-state index contributed by atoms with van der Waals surface area (Å²) in [4.78, 5) is 29.4. The van der Waals surface area contributed by atoms with E-state index in [1.165, 1.54) is 11.1 Å². The molecular formula is C28H31N5O3. The second-order valence-corrected chi connectivity index (χ2v) is 9.52. The Labute approximate surface area is 211 Å². The Morgan fingerprint density at radius 1 is 0.833 bits per heavy atom. The highest BCUT2D eigenvalue weighted by Crippen LogP contribution is 2.31. The molecule has 0 saturated carbocycles. The van der Waals surface area contributed by atoms with Crippen molar-refractivity contribution in [2.45, 2.75) is 32.5 Å². The molecule has 1 fully saturated rings. The maximum atomic E-state index is 12.9. The Balaban J connectivity index is 1.25.